The number of nitrogens with zero attached hydrogens (tertiary/aromatic N) is 1. The summed E-state index contributed by atoms with van der Waals surface area (Å²) in [5.74, 6) is 0.288. The molecule has 24 heavy (non-hydrogen) atoms. The lowest BCUT2D eigenvalue weighted by atomic mass is 9.95. The van der Waals surface area contributed by atoms with Gasteiger partial charge in [0.15, 0.2) is 10.7 Å². The molecule has 7 heteroatoms. The molecule has 2 aromatic rings. The largest absolute Gasteiger partial charge is 0.382 e. The molecule has 1 aromatic heterocycles. The highest BCUT2D eigenvalue weighted by Crippen LogP contribution is 2.25. The van der Waals surface area contributed by atoms with Crippen molar-refractivity contribution in [1.82, 2.24) is 5.16 Å². The van der Waals surface area contributed by atoms with Gasteiger partial charge in [-0.1, -0.05) is 24.4 Å². The van der Waals surface area contributed by atoms with Crippen LogP contribution < -0.4 is 10.0 Å². The van der Waals surface area contributed by atoms with Crippen LogP contribution in [0.2, 0.25) is 0 Å². The molecule has 2 N–H and O–H groups in total. The van der Waals surface area contributed by atoms with Gasteiger partial charge in [-0.2, -0.15) is 0 Å². The number of benzene rings is 1. The minimum Gasteiger partial charge on any atom is -0.382 e. The van der Waals surface area contributed by atoms with E-state index in [9.17, 15) is 8.42 Å². The molecule has 1 fully saturated rings. The minimum absolute atomic E-state index is 0.104. The van der Waals surface area contributed by atoms with E-state index in [0.717, 1.165) is 5.69 Å². The maximum absolute atomic E-state index is 12.5. The SMILES string of the molecule is Cc1noc(C)c1S(=O)(=O)Nc1ccc(NC2CCCCC2)cc1. The van der Waals surface area contributed by atoms with Crippen molar-refractivity contribution < 1.29 is 12.9 Å². The molecule has 130 valence electrons. The van der Waals surface area contributed by atoms with E-state index in [-0.39, 0.29) is 10.7 Å². The lowest BCUT2D eigenvalue weighted by Gasteiger charge is -2.23. The van der Waals surface area contributed by atoms with E-state index in [2.05, 4.69) is 15.2 Å². The fraction of sp³-hybridized carbons (Fsp3) is 0.471. The van der Waals surface area contributed by atoms with E-state index in [1.807, 2.05) is 12.1 Å². The van der Waals surface area contributed by atoms with E-state index in [4.69, 9.17) is 4.52 Å². The quantitative estimate of drug-likeness (QED) is 0.857. The van der Waals surface area contributed by atoms with Crippen molar-refractivity contribution in [2.45, 2.75) is 56.9 Å². The van der Waals surface area contributed by atoms with Crippen LogP contribution in [0.3, 0.4) is 0 Å². The van der Waals surface area contributed by atoms with Gasteiger partial charge in [0.1, 0.15) is 5.69 Å². The Kier molecular flexibility index (Phi) is 4.80. The Hall–Kier alpha value is -2.02. The van der Waals surface area contributed by atoms with Crippen LogP contribution in [0.25, 0.3) is 0 Å². The third-order valence-corrected chi connectivity index (χ3v) is 5.97. The number of aromatic nitrogens is 1. The van der Waals surface area contributed by atoms with Gasteiger partial charge in [0, 0.05) is 17.4 Å². The molecule has 1 saturated carbocycles. The van der Waals surface area contributed by atoms with Crippen molar-refractivity contribution in [1.29, 1.82) is 0 Å². The number of hydrogen-bond acceptors (Lipinski definition) is 5. The van der Waals surface area contributed by atoms with Gasteiger partial charge < -0.3 is 9.84 Å². The second kappa shape index (κ2) is 6.84. The Bertz CT molecular complexity index is 771. The molecule has 0 atom stereocenters. The van der Waals surface area contributed by atoms with Gasteiger partial charge in [-0.25, -0.2) is 8.42 Å². The van der Waals surface area contributed by atoms with Crippen LogP contribution in [0, 0.1) is 13.8 Å². The maximum Gasteiger partial charge on any atom is 0.267 e. The molecular weight excluding hydrogens is 326 g/mol. The van der Waals surface area contributed by atoms with E-state index >= 15 is 0 Å². The molecular formula is C17H23N3O3S. The molecule has 1 aromatic carbocycles. The van der Waals surface area contributed by atoms with Gasteiger partial charge >= 0.3 is 0 Å². The highest BCUT2D eigenvalue weighted by atomic mass is 32.2. The van der Waals surface area contributed by atoms with Gasteiger partial charge in [0.2, 0.25) is 0 Å². The summed E-state index contributed by atoms with van der Waals surface area (Å²) in [6, 6.07) is 7.85. The number of aryl methyl sites for hydroxylation is 2. The molecule has 0 unspecified atom stereocenters. The molecule has 0 spiro atoms. The fourth-order valence-electron chi connectivity index (χ4n) is 3.18. The fourth-order valence-corrected chi connectivity index (χ4v) is 4.57. The summed E-state index contributed by atoms with van der Waals surface area (Å²) in [5, 5.41) is 7.21. The highest BCUT2D eigenvalue weighted by Gasteiger charge is 2.24. The lowest BCUT2D eigenvalue weighted by Crippen LogP contribution is -2.22. The normalized spacial score (nSPS) is 16.1. The van der Waals surface area contributed by atoms with Crippen molar-refractivity contribution in [2.24, 2.45) is 0 Å². The number of sulfonamides is 1. The van der Waals surface area contributed by atoms with Gasteiger partial charge in [-0.15, -0.1) is 0 Å². The number of anilines is 2. The van der Waals surface area contributed by atoms with Crippen molar-refractivity contribution in [3.63, 3.8) is 0 Å². The van der Waals surface area contributed by atoms with Crippen LogP contribution in [-0.2, 0) is 10.0 Å². The third kappa shape index (κ3) is 3.72. The van der Waals surface area contributed by atoms with Crippen LogP contribution in [0.15, 0.2) is 33.7 Å². The summed E-state index contributed by atoms with van der Waals surface area (Å²) < 4.78 is 32.5. The summed E-state index contributed by atoms with van der Waals surface area (Å²) >= 11 is 0. The van der Waals surface area contributed by atoms with Gasteiger partial charge in [-0.3, -0.25) is 4.72 Å². The van der Waals surface area contributed by atoms with Gasteiger partial charge in [-0.05, 0) is 51.0 Å². The Morgan fingerprint density at radius 2 is 1.67 bits per heavy atom. The van der Waals surface area contributed by atoms with Gasteiger partial charge in [0.05, 0.1) is 0 Å². The van der Waals surface area contributed by atoms with E-state index < -0.39 is 10.0 Å². The zero-order chi connectivity index (χ0) is 17.2. The minimum atomic E-state index is -3.70. The molecule has 1 aliphatic rings. The molecule has 0 aliphatic heterocycles. The Labute approximate surface area is 142 Å². The average Bonchev–Trinajstić information content (AvgIpc) is 2.90. The number of hydrogen-bond donors (Lipinski definition) is 2. The second-order valence-electron chi connectivity index (χ2n) is 6.32. The zero-order valence-corrected chi connectivity index (χ0v) is 14.8. The first-order chi connectivity index (χ1) is 11.5. The summed E-state index contributed by atoms with van der Waals surface area (Å²) in [6.07, 6.45) is 6.25. The van der Waals surface area contributed by atoms with Crippen LogP contribution in [0.4, 0.5) is 11.4 Å². The van der Waals surface area contributed by atoms with Crippen molar-refractivity contribution in [3.05, 3.63) is 35.7 Å². The first-order valence-electron chi connectivity index (χ1n) is 8.28. The van der Waals surface area contributed by atoms with E-state index in [1.54, 1.807) is 26.0 Å². The maximum atomic E-state index is 12.5. The molecule has 1 aliphatic carbocycles. The standard InChI is InChI=1S/C17H23N3O3S/c1-12-17(13(2)23-19-12)24(21,22)20-16-10-8-15(9-11-16)18-14-6-4-3-5-7-14/h8-11,14,18,20H,3-7H2,1-2H3. The predicted octanol–water partition coefficient (Wildman–Crippen LogP) is 3.84. The highest BCUT2D eigenvalue weighted by molar-refractivity contribution is 7.92. The molecule has 1 heterocycles. The van der Waals surface area contributed by atoms with Crippen LogP contribution >= 0.6 is 0 Å². The Morgan fingerprint density at radius 1 is 1.04 bits per heavy atom. The average molecular weight is 349 g/mol. The molecule has 0 radical (unpaired) electrons. The summed E-state index contributed by atoms with van der Waals surface area (Å²) in [5.41, 5.74) is 1.89. The monoisotopic (exact) mass is 349 g/mol. The molecule has 0 amide bonds. The molecule has 0 bridgehead atoms. The van der Waals surface area contributed by atoms with Crippen LogP contribution in [-0.4, -0.2) is 19.6 Å². The summed E-state index contributed by atoms with van der Waals surface area (Å²) in [4.78, 5) is 0.104. The number of nitrogens with one attached hydrogen (secondary N) is 2. The van der Waals surface area contributed by atoms with Crippen LogP contribution in [0.5, 0.6) is 0 Å². The second-order valence-corrected chi connectivity index (χ2v) is 7.93. The van der Waals surface area contributed by atoms with Crippen molar-refractivity contribution in [3.8, 4) is 0 Å². The Morgan fingerprint density at radius 3 is 2.25 bits per heavy atom. The van der Waals surface area contributed by atoms with Gasteiger partial charge in [0.25, 0.3) is 10.0 Å². The lowest BCUT2D eigenvalue weighted by molar-refractivity contribution is 0.390. The molecule has 0 saturated heterocycles. The van der Waals surface area contributed by atoms with E-state index in [1.165, 1.54) is 32.1 Å². The first-order valence-corrected chi connectivity index (χ1v) is 9.76. The predicted molar refractivity (Wildman–Crippen MR) is 93.7 cm³/mol. The third-order valence-electron chi connectivity index (χ3n) is 4.35. The number of rotatable bonds is 5. The summed E-state index contributed by atoms with van der Waals surface area (Å²) in [6.45, 7) is 3.20. The van der Waals surface area contributed by atoms with E-state index in [0.29, 0.717) is 17.4 Å². The first kappa shape index (κ1) is 16.8. The van der Waals surface area contributed by atoms with Crippen molar-refractivity contribution >= 4 is 21.4 Å². The van der Waals surface area contributed by atoms with Crippen LogP contribution in [0.1, 0.15) is 43.6 Å². The smallest absolute Gasteiger partial charge is 0.267 e. The van der Waals surface area contributed by atoms with Crippen molar-refractivity contribution in [2.75, 3.05) is 10.0 Å². The topological polar surface area (TPSA) is 84.2 Å². The Balaban J connectivity index is 1.69. The summed E-state index contributed by atoms with van der Waals surface area (Å²) in [7, 11) is -3.70. The zero-order valence-electron chi connectivity index (χ0n) is 14.0. The molecule has 6 nitrogen and oxygen atoms in total. The molecule has 3 rings (SSSR count).